The number of aromatic nitrogens is 4. The average Bonchev–Trinajstić information content (AvgIpc) is 2.94. The molecule has 0 aliphatic rings. The second-order valence-electron chi connectivity index (χ2n) is 4.81. The number of hydrogen-bond donors (Lipinski definition) is 2. The number of phenols is 1. The van der Waals surface area contributed by atoms with E-state index in [0.29, 0.717) is 10.9 Å². The highest BCUT2D eigenvalue weighted by Gasteiger charge is 2.14. The molecule has 7 heteroatoms. The highest BCUT2D eigenvalue weighted by Crippen LogP contribution is 2.24. The van der Waals surface area contributed by atoms with Gasteiger partial charge in [-0.2, -0.15) is 4.52 Å². The van der Waals surface area contributed by atoms with E-state index in [1.807, 2.05) is 0 Å². The highest BCUT2D eigenvalue weighted by atomic mass is 19.1. The Balaban J connectivity index is 2.11. The number of rotatable bonds is 1. The summed E-state index contributed by atoms with van der Waals surface area (Å²) in [4.78, 5) is 18.9. The molecule has 0 spiro atoms. The summed E-state index contributed by atoms with van der Waals surface area (Å²) in [6, 6.07) is 10.6. The van der Waals surface area contributed by atoms with Crippen molar-refractivity contribution in [1.29, 1.82) is 0 Å². The van der Waals surface area contributed by atoms with Gasteiger partial charge in [-0.05, 0) is 30.3 Å². The first-order chi connectivity index (χ1) is 10.6. The summed E-state index contributed by atoms with van der Waals surface area (Å²) in [5, 5.41) is 14.2. The maximum Gasteiger partial charge on any atom is 0.348 e. The molecule has 0 bridgehead atoms. The molecule has 0 fully saturated rings. The fraction of sp³-hybridized carbons (Fsp3) is 0. The SMILES string of the molecule is O=c1[nH]c2ccc(O)cc2c2nc(-c3ccccc3F)nn12. The minimum Gasteiger partial charge on any atom is -0.508 e. The van der Waals surface area contributed by atoms with Crippen LogP contribution in [0.3, 0.4) is 0 Å². The van der Waals surface area contributed by atoms with E-state index in [-0.39, 0.29) is 22.8 Å². The number of halogens is 1. The van der Waals surface area contributed by atoms with Crippen LogP contribution >= 0.6 is 0 Å². The molecule has 0 aliphatic carbocycles. The summed E-state index contributed by atoms with van der Waals surface area (Å²) in [6.45, 7) is 0. The van der Waals surface area contributed by atoms with Crippen molar-refractivity contribution in [2.45, 2.75) is 0 Å². The fourth-order valence-corrected chi connectivity index (χ4v) is 2.38. The number of phenolic OH excluding ortho intramolecular Hbond substituents is 1. The summed E-state index contributed by atoms with van der Waals surface area (Å²) in [5.74, 6) is -0.321. The molecule has 0 amide bonds. The van der Waals surface area contributed by atoms with Crippen molar-refractivity contribution in [2.75, 3.05) is 0 Å². The second-order valence-corrected chi connectivity index (χ2v) is 4.81. The van der Waals surface area contributed by atoms with Gasteiger partial charge in [0.15, 0.2) is 11.5 Å². The first-order valence-corrected chi connectivity index (χ1v) is 6.50. The first kappa shape index (κ1) is 12.5. The summed E-state index contributed by atoms with van der Waals surface area (Å²) in [7, 11) is 0. The third kappa shape index (κ3) is 1.76. The molecule has 0 unspecified atom stereocenters. The molecule has 0 saturated carbocycles. The minimum absolute atomic E-state index is 0.0388. The molecule has 108 valence electrons. The number of nitrogens with one attached hydrogen (secondary N) is 1. The number of benzene rings is 2. The minimum atomic E-state index is -0.483. The largest absolute Gasteiger partial charge is 0.508 e. The van der Waals surface area contributed by atoms with Crippen LogP contribution in [0.15, 0.2) is 47.3 Å². The highest BCUT2D eigenvalue weighted by molar-refractivity contribution is 5.92. The van der Waals surface area contributed by atoms with Gasteiger partial charge in [-0.25, -0.2) is 14.2 Å². The Bertz CT molecular complexity index is 1080. The average molecular weight is 296 g/mol. The molecule has 22 heavy (non-hydrogen) atoms. The van der Waals surface area contributed by atoms with Gasteiger partial charge in [0.2, 0.25) is 0 Å². The molecule has 2 N–H and O–H groups in total. The standard InChI is InChI=1S/C15H9FN4O2/c16-11-4-2-1-3-9(11)13-18-14-10-7-8(21)5-6-12(10)17-15(22)20(14)19-13/h1-7,21H,(H,17,22). The Morgan fingerprint density at radius 3 is 2.82 bits per heavy atom. The predicted molar refractivity (Wildman–Crippen MR) is 78.2 cm³/mol. The van der Waals surface area contributed by atoms with E-state index in [1.165, 1.54) is 24.3 Å². The lowest BCUT2D eigenvalue weighted by Crippen LogP contribution is -2.17. The zero-order valence-electron chi connectivity index (χ0n) is 11.1. The molecular weight excluding hydrogens is 287 g/mol. The van der Waals surface area contributed by atoms with Crippen LogP contribution in [0.4, 0.5) is 4.39 Å². The van der Waals surface area contributed by atoms with Crippen molar-refractivity contribution >= 4 is 16.6 Å². The molecular formula is C15H9FN4O2. The quantitative estimate of drug-likeness (QED) is 0.563. The van der Waals surface area contributed by atoms with Gasteiger partial charge in [-0.1, -0.05) is 12.1 Å². The smallest absolute Gasteiger partial charge is 0.348 e. The van der Waals surface area contributed by atoms with Gasteiger partial charge in [0.1, 0.15) is 11.6 Å². The van der Waals surface area contributed by atoms with Crippen LogP contribution in [0.5, 0.6) is 5.75 Å². The van der Waals surface area contributed by atoms with E-state index in [0.717, 1.165) is 4.52 Å². The lowest BCUT2D eigenvalue weighted by Gasteiger charge is -1.99. The Morgan fingerprint density at radius 2 is 2.00 bits per heavy atom. The third-order valence-corrected chi connectivity index (χ3v) is 3.40. The van der Waals surface area contributed by atoms with Crippen LogP contribution in [0.1, 0.15) is 0 Å². The van der Waals surface area contributed by atoms with Gasteiger partial charge >= 0.3 is 5.69 Å². The van der Waals surface area contributed by atoms with Gasteiger partial charge in [0.25, 0.3) is 0 Å². The lowest BCUT2D eigenvalue weighted by molar-refractivity contribution is 0.476. The fourth-order valence-electron chi connectivity index (χ4n) is 2.38. The number of aromatic amines is 1. The van der Waals surface area contributed by atoms with E-state index in [9.17, 15) is 14.3 Å². The molecule has 4 rings (SSSR count). The summed E-state index contributed by atoms with van der Waals surface area (Å²) in [6.07, 6.45) is 0. The summed E-state index contributed by atoms with van der Waals surface area (Å²) in [5.41, 5.74) is 0.498. The number of H-pyrrole nitrogens is 1. The lowest BCUT2D eigenvalue weighted by atomic mass is 10.2. The van der Waals surface area contributed by atoms with Crippen molar-refractivity contribution in [3.05, 3.63) is 58.8 Å². The van der Waals surface area contributed by atoms with E-state index >= 15 is 0 Å². The van der Waals surface area contributed by atoms with Crippen molar-refractivity contribution < 1.29 is 9.50 Å². The van der Waals surface area contributed by atoms with Crippen molar-refractivity contribution in [3.63, 3.8) is 0 Å². The van der Waals surface area contributed by atoms with E-state index in [4.69, 9.17) is 0 Å². The van der Waals surface area contributed by atoms with Crippen molar-refractivity contribution in [3.8, 4) is 17.1 Å². The molecule has 0 aliphatic heterocycles. The topological polar surface area (TPSA) is 83.3 Å². The molecule has 4 aromatic rings. The number of nitrogens with zero attached hydrogens (tertiary/aromatic N) is 3. The molecule has 2 heterocycles. The van der Waals surface area contributed by atoms with E-state index in [2.05, 4.69) is 15.1 Å². The molecule has 6 nitrogen and oxygen atoms in total. The predicted octanol–water partition coefficient (Wildman–Crippen LogP) is 2.08. The van der Waals surface area contributed by atoms with E-state index < -0.39 is 11.5 Å². The van der Waals surface area contributed by atoms with Crippen LogP contribution in [0, 0.1) is 5.82 Å². The van der Waals surface area contributed by atoms with Gasteiger partial charge in [-0.3, -0.25) is 0 Å². The van der Waals surface area contributed by atoms with Crippen LogP contribution in [0.25, 0.3) is 27.9 Å². The number of fused-ring (bicyclic) bond motifs is 3. The van der Waals surface area contributed by atoms with Crippen LogP contribution in [0.2, 0.25) is 0 Å². The number of aromatic hydroxyl groups is 1. The molecule has 2 aromatic heterocycles. The molecule has 0 saturated heterocycles. The van der Waals surface area contributed by atoms with Gasteiger partial charge in [0, 0.05) is 5.39 Å². The molecule has 0 radical (unpaired) electrons. The second kappa shape index (κ2) is 4.39. The Morgan fingerprint density at radius 1 is 1.18 bits per heavy atom. The van der Waals surface area contributed by atoms with Crippen LogP contribution < -0.4 is 5.69 Å². The summed E-state index contributed by atoms with van der Waals surface area (Å²) < 4.78 is 14.9. The maximum atomic E-state index is 13.9. The van der Waals surface area contributed by atoms with Gasteiger partial charge < -0.3 is 10.1 Å². The van der Waals surface area contributed by atoms with Gasteiger partial charge in [0.05, 0.1) is 11.1 Å². The molecule has 2 aromatic carbocycles. The molecule has 0 atom stereocenters. The van der Waals surface area contributed by atoms with Crippen LogP contribution in [-0.2, 0) is 0 Å². The zero-order chi connectivity index (χ0) is 15.3. The Hall–Kier alpha value is -3.22. The maximum absolute atomic E-state index is 13.9. The Labute approximate surface area is 122 Å². The van der Waals surface area contributed by atoms with Gasteiger partial charge in [-0.15, -0.1) is 5.10 Å². The first-order valence-electron chi connectivity index (χ1n) is 6.50. The van der Waals surface area contributed by atoms with Crippen molar-refractivity contribution in [1.82, 2.24) is 19.6 Å². The van der Waals surface area contributed by atoms with Crippen molar-refractivity contribution in [2.24, 2.45) is 0 Å². The monoisotopic (exact) mass is 296 g/mol. The summed E-state index contributed by atoms with van der Waals surface area (Å²) >= 11 is 0. The normalized spacial score (nSPS) is 11.3. The third-order valence-electron chi connectivity index (χ3n) is 3.40. The van der Waals surface area contributed by atoms with E-state index in [1.54, 1.807) is 18.2 Å². The zero-order valence-corrected chi connectivity index (χ0v) is 11.1. The Kier molecular flexibility index (Phi) is 2.50. The van der Waals surface area contributed by atoms with Crippen LogP contribution in [-0.4, -0.2) is 24.7 Å². The number of hydrogen-bond acceptors (Lipinski definition) is 4.